The van der Waals surface area contributed by atoms with Crippen molar-refractivity contribution in [1.82, 2.24) is 19.7 Å². The van der Waals surface area contributed by atoms with Gasteiger partial charge in [0, 0.05) is 12.3 Å². The Morgan fingerprint density at radius 3 is 2.53 bits per heavy atom. The minimum absolute atomic E-state index is 0.177. The maximum Gasteiger partial charge on any atom is 0.435 e. The van der Waals surface area contributed by atoms with Gasteiger partial charge in [-0.25, -0.2) is 14.6 Å². The van der Waals surface area contributed by atoms with Crippen molar-refractivity contribution in [3.8, 4) is 5.82 Å². The molecule has 8 heteroatoms. The smallest absolute Gasteiger partial charge is 0.384 e. The highest BCUT2D eigenvalue weighted by molar-refractivity contribution is 5.36. The van der Waals surface area contributed by atoms with Gasteiger partial charge in [-0.1, -0.05) is 0 Å². The van der Waals surface area contributed by atoms with Gasteiger partial charge in [0.25, 0.3) is 0 Å². The predicted octanol–water partition coefficient (Wildman–Crippen LogP) is 1.57. The molecule has 2 aromatic heterocycles. The van der Waals surface area contributed by atoms with Crippen molar-refractivity contribution >= 4 is 5.82 Å². The number of rotatable bonds is 1. The van der Waals surface area contributed by atoms with Crippen molar-refractivity contribution in [2.45, 2.75) is 13.1 Å². The molecule has 5 nitrogen and oxygen atoms in total. The summed E-state index contributed by atoms with van der Waals surface area (Å²) in [7, 11) is 0. The zero-order valence-electron chi connectivity index (χ0n) is 8.73. The predicted molar refractivity (Wildman–Crippen MR) is 53.3 cm³/mol. The molecule has 0 aliphatic carbocycles. The van der Waals surface area contributed by atoms with E-state index in [-0.39, 0.29) is 11.6 Å². The normalized spacial score (nSPS) is 11.8. The highest BCUT2D eigenvalue weighted by atomic mass is 19.4. The lowest BCUT2D eigenvalue weighted by molar-refractivity contribution is -0.141. The summed E-state index contributed by atoms with van der Waals surface area (Å²) in [4.78, 5) is 7.76. The summed E-state index contributed by atoms with van der Waals surface area (Å²) < 4.78 is 38.0. The first-order valence-corrected chi connectivity index (χ1v) is 4.60. The second-order valence-corrected chi connectivity index (χ2v) is 3.34. The lowest BCUT2D eigenvalue weighted by atomic mass is 10.4. The molecule has 0 bridgehead atoms. The van der Waals surface area contributed by atoms with E-state index in [4.69, 9.17) is 5.73 Å². The van der Waals surface area contributed by atoms with Gasteiger partial charge in [-0.3, -0.25) is 0 Å². The van der Waals surface area contributed by atoms with E-state index in [1.165, 1.54) is 12.3 Å². The zero-order chi connectivity index (χ0) is 12.6. The minimum Gasteiger partial charge on any atom is -0.384 e. The van der Waals surface area contributed by atoms with Crippen LogP contribution in [0.3, 0.4) is 0 Å². The lowest BCUT2D eigenvalue weighted by Crippen LogP contribution is -2.08. The van der Waals surface area contributed by atoms with Crippen LogP contribution in [0.1, 0.15) is 11.5 Å². The van der Waals surface area contributed by atoms with Crippen LogP contribution in [0.5, 0.6) is 0 Å². The monoisotopic (exact) mass is 243 g/mol. The fourth-order valence-corrected chi connectivity index (χ4v) is 1.29. The zero-order valence-corrected chi connectivity index (χ0v) is 8.73. The molecule has 0 spiro atoms. The van der Waals surface area contributed by atoms with E-state index in [2.05, 4.69) is 15.1 Å². The first-order valence-electron chi connectivity index (χ1n) is 4.60. The molecule has 0 saturated heterocycles. The van der Waals surface area contributed by atoms with E-state index < -0.39 is 11.9 Å². The van der Waals surface area contributed by atoms with E-state index in [1.54, 1.807) is 6.92 Å². The summed E-state index contributed by atoms with van der Waals surface area (Å²) in [5.41, 5.74) is 4.50. The molecule has 2 aromatic rings. The molecule has 0 atom stereocenters. The Morgan fingerprint density at radius 2 is 2.00 bits per heavy atom. The number of halogens is 3. The van der Waals surface area contributed by atoms with Crippen molar-refractivity contribution in [1.29, 1.82) is 0 Å². The van der Waals surface area contributed by atoms with Gasteiger partial charge in [0.15, 0.2) is 11.5 Å². The Morgan fingerprint density at radius 1 is 1.29 bits per heavy atom. The highest BCUT2D eigenvalue weighted by Crippen LogP contribution is 2.27. The number of nitrogens with two attached hydrogens (primary N) is 1. The first kappa shape index (κ1) is 11.4. The maximum atomic E-state index is 12.3. The number of nitrogen functional groups attached to an aromatic ring is 1. The second-order valence-electron chi connectivity index (χ2n) is 3.34. The van der Waals surface area contributed by atoms with Crippen LogP contribution in [0.2, 0.25) is 0 Å². The van der Waals surface area contributed by atoms with Gasteiger partial charge >= 0.3 is 6.18 Å². The number of aromatic nitrogens is 4. The van der Waals surface area contributed by atoms with Crippen LogP contribution < -0.4 is 5.73 Å². The summed E-state index contributed by atoms with van der Waals surface area (Å²) in [6, 6.07) is 2.22. The Kier molecular flexibility index (Phi) is 2.49. The van der Waals surface area contributed by atoms with Crippen LogP contribution in [-0.4, -0.2) is 19.7 Å². The molecule has 17 heavy (non-hydrogen) atoms. The number of aryl methyl sites for hydroxylation is 1. The Hall–Kier alpha value is -2.12. The Bertz CT molecular complexity index is 526. The van der Waals surface area contributed by atoms with E-state index >= 15 is 0 Å². The van der Waals surface area contributed by atoms with Crippen LogP contribution in [0.15, 0.2) is 18.3 Å². The van der Waals surface area contributed by atoms with Gasteiger partial charge in [0.2, 0.25) is 0 Å². The molecule has 0 unspecified atom stereocenters. The number of hydrogen-bond donors (Lipinski definition) is 1. The Labute approximate surface area is 94.1 Å². The molecule has 0 saturated carbocycles. The van der Waals surface area contributed by atoms with E-state index in [0.29, 0.717) is 5.82 Å². The quantitative estimate of drug-likeness (QED) is 0.825. The van der Waals surface area contributed by atoms with Crippen LogP contribution >= 0.6 is 0 Å². The molecule has 0 aromatic carbocycles. The molecule has 0 aliphatic rings. The van der Waals surface area contributed by atoms with E-state index in [1.807, 2.05) is 0 Å². The number of hydrogen-bond acceptors (Lipinski definition) is 4. The van der Waals surface area contributed by atoms with Crippen molar-refractivity contribution in [3.63, 3.8) is 0 Å². The molecular weight excluding hydrogens is 235 g/mol. The topological polar surface area (TPSA) is 69.6 Å². The summed E-state index contributed by atoms with van der Waals surface area (Å²) in [6.07, 6.45) is -3.30. The lowest BCUT2D eigenvalue weighted by Gasteiger charge is -2.03. The third kappa shape index (κ3) is 2.35. The largest absolute Gasteiger partial charge is 0.435 e. The number of nitrogens with zero attached hydrogens (tertiary/aromatic N) is 4. The average molecular weight is 243 g/mol. The SMILES string of the molecule is Cc1nc(N)cc(-n2ccc(C(F)(F)F)n2)n1. The highest BCUT2D eigenvalue weighted by Gasteiger charge is 2.33. The van der Waals surface area contributed by atoms with Crippen LogP contribution in [0.25, 0.3) is 5.82 Å². The number of anilines is 1. The van der Waals surface area contributed by atoms with Crippen molar-refractivity contribution < 1.29 is 13.2 Å². The molecule has 2 rings (SSSR count). The van der Waals surface area contributed by atoms with Crippen LogP contribution in [0, 0.1) is 6.92 Å². The van der Waals surface area contributed by atoms with Crippen molar-refractivity contribution in [2.75, 3.05) is 5.73 Å². The van der Waals surface area contributed by atoms with Crippen molar-refractivity contribution in [3.05, 3.63) is 29.8 Å². The van der Waals surface area contributed by atoms with Gasteiger partial charge in [-0.05, 0) is 13.0 Å². The second kappa shape index (κ2) is 3.72. The first-order chi connectivity index (χ1) is 7.86. The molecule has 0 radical (unpaired) electrons. The molecule has 0 fully saturated rings. The Balaban J connectivity index is 2.44. The van der Waals surface area contributed by atoms with Crippen LogP contribution in [0.4, 0.5) is 19.0 Å². The maximum absolute atomic E-state index is 12.3. The third-order valence-electron chi connectivity index (χ3n) is 1.96. The van der Waals surface area contributed by atoms with Gasteiger partial charge < -0.3 is 5.73 Å². The summed E-state index contributed by atoms with van der Waals surface area (Å²) in [6.45, 7) is 1.59. The summed E-state index contributed by atoms with van der Waals surface area (Å²) in [5, 5.41) is 3.38. The van der Waals surface area contributed by atoms with Gasteiger partial charge in [-0.15, -0.1) is 0 Å². The molecule has 0 aliphatic heterocycles. The molecular formula is C9H8F3N5. The summed E-state index contributed by atoms with van der Waals surface area (Å²) in [5.74, 6) is 0.742. The van der Waals surface area contributed by atoms with E-state index in [0.717, 1.165) is 10.7 Å². The van der Waals surface area contributed by atoms with Crippen molar-refractivity contribution in [2.24, 2.45) is 0 Å². The van der Waals surface area contributed by atoms with Gasteiger partial charge in [-0.2, -0.15) is 18.3 Å². The fraction of sp³-hybridized carbons (Fsp3) is 0.222. The number of alkyl halides is 3. The summed E-state index contributed by atoms with van der Waals surface area (Å²) >= 11 is 0. The fourth-order valence-electron chi connectivity index (χ4n) is 1.29. The molecule has 0 amide bonds. The van der Waals surface area contributed by atoms with Gasteiger partial charge in [0.1, 0.15) is 11.6 Å². The van der Waals surface area contributed by atoms with E-state index in [9.17, 15) is 13.2 Å². The minimum atomic E-state index is -4.47. The van der Waals surface area contributed by atoms with Gasteiger partial charge in [0.05, 0.1) is 0 Å². The molecule has 90 valence electrons. The molecule has 2 heterocycles. The third-order valence-corrected chi connectivity index (χ3v) is 1.96. The van der Waals surface area contributed by atoms with Crippen LogP contribution in [-0.2, 0) is 6.18 Å². The average Bonchev–Trinajstić information content (AvgIpc) is 2.63. The molecule has 2 N–H and O–H groups in total. The standard InChI is InChI=1S/C9H8F3N5/c1-5-14-7(13)4-8(15-5)17-3-2-6(16-17)9(10,11)12/h2-4H,1H3,(H2,13,14,15).